The molecule has 3 aromatic rings. The SMILES string of the molecule is O=C(O)c1sc(-c2ccccc2)c(NCC2CCNCC2)c1C(=O)c1ccc(Cl)cc1Cl. The fourth-order valence-corrected chi connectivity index (χ4v) is 5.51. The van der Waals surface area contributed by atoms with Gasteiger partial charge in [-0.25, -0.2) is 4.79 Å². The Bertz CT molecular complexity index is 1140. The number of hydrogen-bond acceptors (Lipinski definition) is 5. The van der Waals surface area contributed by atoms with E-state index in [1.54, 1.807) is 6.07 Å². The molecule has 2 aromatic carbocycles. The Morgan fingerprint density at radius 2 is 1.81 bits per heavy atom. The van der Waals surface area contributed by atoms with Crippen LogP contribution in [0.25, 0.3) is 10.4 Å². The number of anilines is 1. The van der Waals surface area contributed by atoms with Crippen molar-refractivity contribution < 1.29 is 14.7 Å². The van der Waals surface area contributed by atoms with Crippen LogP contribution in [0.1, 0.15) is 38.4 Å². The van der Waals surface area contributed by atoms with Gasteiger partial charge in [-0.05, 0) is 55.6 Å². The predicted octanol–water partition coefficient (Wildman–Crippen LogP) is 6.06. The minimum absolute atomic E-state index is 0.00678. The molecule has 0 bridgehead atoms. The van der Waals surface area contributed by atoms with Crippen LogP contribution in [0.4, 0.5) is 5.69 Å². The Balaban J connectivity index is 1.83. The first-order chi connectivity index (χ1) is 15.5. The van der Waals surface area contributed by atoms with Crippen LogP contribution in [0.5, 0.6) is 0 Å². The van der Waals surface area contributed by atoms with Crippen LogP contribution in [0, 0.1) is 5.92 Å². The van der Waals surface area contributed by atoms with Crippen LogP contribution in [0.3, 0.4) is 0 Å². The molecule has 8 heteroatoms. The second kappa shape index (κ2) is 10.0. The molecule has 1 aliphatic rings. The molecule has 32 heavy (non-hydrogen) atoms. The predicted molar refractivity (Wildman–Crippen MR) is 131 cm³/mol. The van der Waals surface area contributed by atoms with E-state index in [-0.39, 0.29) is 21.0 Å². The molecule has 0 aliphatic carbocycles. The summed E-state index contributed by atoms with van der Waals surface area (Å²) in [5, 5.41) is 17.3. The van der Waals surface area contributed by atoms with Crippen molar-refractivity contribution in [3.05, 3.63) is 74.6 Å². The molecule has 2 heterocycles. The number of rotatable bonds is 7. The molecule has 1 aliphatic heterocycles. The maximum atomic E-state index is 13.6. The molecule has 5 nitrogen and oxygen atoms in total. The van der Waals surface area contributed by atoms with Crippen molar-refractivity contribution in [2.24, 2.45) is 5.92 Å². The van der Waals surface area contributed by atoms with Gasteiger partial charge in [-0.3, -0.25) is 4.79 Å². The van der Waals surface area contributed by atoms with E-state index in [1.807, 2.05) is 30.3 Å². The van der Waals surface area contributed by atoms with Gasteiger partial charge in [0.05, 0.1) is 21.2 Å². The third kappa shape index (κ3) is 4.84. The maximum absolute atomic E-state index is 13.6. The lowest BCUT2D eigenvalue weighted by Gasteiger charge is -2.23. The summed E-state index contributed by atoms with van der Waals surface area (Å²) in [6.07, 6.45) is 2.05. The summed E-state index contributed by atoms with van der Waals surface area (Å²) in [6.45, 7) is 2.56. The summed E-state index contributed by atoms with van der Waals surface area (Å²) < 4.78 is 0. The van der Waals surface area contributed by atoms with Gasteiger partial charge in [0.15, 0.2) is 5.78 Å². The highest BCUT2D eigenvalue weighted by atomic mass is 35.5. The molecule has 3 N–H and O–H groups in total. The highest BCUT2D eigenvalue weighted by Gasteiger charge is 2.30. The Kier molecular flexibility index (Phi) is 7.16. The molecule has 0 radical (unpaired) electrons. The smallest absolute Gasteiger partial charge is 0.346 e. The van der Waals surface area contributed by atoms with E-state index in [1.165, 1.54) is 12.1 Å². The van der Waals surface area contributed by atoms with Crippen molar-refractivity contribution in [3.63, 3.8) is 0 Å². The third-order valence-electron chi connectivity index (χ3n) is 5.57. The molecule has 0 spiro atoms. The summed E-state index contributed by atoms with van der Waals surface area (Å²) in [6, 6.07) is 14.1. The van der Waals surface area contributed by atoms with Crippen molar-refractivity contribution in [1.29, 1.82) is 0 Å². The van der Waals surface area contributed by atoms with Gasteiger partial charge in [-0.1, -0.05) is 53.5 Å². The largest absolute Gasteiger partial charge is 0.477 e. The van der Waals surface area contributed by atoms with Gasteiger partial charge in [0.25, 0.3) is 0 Å². The topological polar surface area (TPSA) is 78.4 Å². The first-order valence-corrected chi connectivity index (χ1v) is 11.9. The zero-order valence-electron chi connectivity index (χ0n) is 17.2. The lowest BCUT2D eigenvalue weighted by atomic mass is 9.96. The second-order valence-corrected chi connectivity index (χ2v) is 9.57. The normalized spacial score (nSPS) is 14.3. The Morgan fingerprint density at radius 3 is 2.47 bits per heavy atom. The number of piperidine rings is 1. The van der Waals surface area contributed by atoms with Gasteiger partial charge in [0, 0.05) is 17.1 Å². The fourth-order valence-electron chi connectivity index (χ4n) is 3.90. The monoisotopic (exact) mass is 488 g/mol. The Morgan fingerprint density at radius 1 is 1.09 bits per heavy atom. The molecular formula is C24H22Cl2N2O3S. The van der Waals surface area contributed by atoms with Gasteiger partial charge in [0.2, 0.25) is 0 Å². The van der Waals surface area contributed by atoms with Crippen LogP contribution in [0.2, 0.25) is 10.0 Å². The highest BCUT2D eigenvalue weighted by molar-refractivity contribution is 7.18. The number of carbonyl (C=O) groups is 2. The number of hydrogen-bond donors (Lipinski definition) is 3. The third-order valence-corrected chi connectivity index (χ3v) is 7.34. The van der Waals surface area contributed by atoms with Crippen LogP contribution in [-0.4, -0.2) is 36.5 Å². The molecule has 4 rings (SSSR count). The zero-order valence-corrected chi connectivity index (χ0v) is 19.5. The minimum Gasteiger partial charge on any atom is -0.477 e. The molecule has 0 saturated carbocycles. The molecule has 0 amide bonds. The first-order valence-electron chi connectivity index (χ1n) is 10.4. The number of carboxylic acid groups (broad SMARTS) is 1. The molecular weight excluding hydrogens is 467 g/mol. The number of halogens is 2. The van der Waals surface area contributed by atoms with E-state index in [2.05, 4.69) is 10.6 Å². The molecule has 1 saturated heterocycles. The number of aromatic carboxylic acids is 1. The number of thiophene rings is 1. The van der Waals surface area contributed by atoms with Crippen LogP contribution in [0.15, 0.2) is 48.5 Å². The molecule has 1 fully saturated rings. The average molecular weight is 489 g/mol. The van der Waals surface area contributed by atoms with Gasteiger partial charge in [-0.2, -0.15) is 0 Å². The second-order valence-electron chi connectivity index (χ2n) is 7.71. The van der Waals surface area contributed by atoms with Gasteiger partial charge >= 0.3 is 5.97 Å². The van der Waals surface area contributed by atoms with Crippen LogP contribution < -0.4 is 10.6 Å². The van der Waals surface area contributed by atoms with Crippen molar-refractivity contribution in [1.82, 2.24) is 5.32 Å². The summed E-state index contributed by atoms with van der Waals surface area (Å²) in [4.78, 5) is 26.5. The van der Waals surface area contributed by atoms with E-state index < -0.39 is 11.8 Å². The van der Waals surface area contributed by atoms with Gasteiger partial charge < -0.3 is 15.7 Å². The van der Waals surface area contributed by atoms with Gasteiger partial charge in [-0.15, -0.1) is 11.3 Å². The highest BCUT2D eigenvalue weighted by Crippen LogP contribution is 2.43. The quantitative estimate of drug-likeness (QED) is 0.352. The summed E-state index contributed by atoms with van der Waals surface area (Å²) >= 11 is 13.4. The molecule has 0 atom stereocenters. The maximum Gasteiger partial charge on any atom is 0.346 e. The van der Waals surface area contributed by atoms with E-state index >= 15 is 0 Å². The van der Waals surface area contributed by atoms with Gasteiger partial charge in [0.1, 0.15) is 4.88 Å². The minimum atomic E-state index is -1.14. The van der Waals surface area contributed by atoms with E-state index in [0.717, 1.165) is 47.7 Å². The number of carbonyl (C=O) groups excluding carboxylic acids is 1. The van der Waals surface area contributed by atoms with Crippen molar-refractivity contribution in [2.75, 3.05) is 25.0 Å². The molecule has 1 aromatic heterocycles. The average Bonchev–Trinajstić information content (AvgIpc) is 3.18. The first kappa shape index (κ1) is 22.8. The lowest BCUT2D eigenvalue weighted by molar-refractivity contribution is 0.0698. The summed E-state index contributed by atoms with van der Waals surface area (Å²) in [7, 11) is 0. The van der Waals surface area contributed by atoms with Crippen LogP contribution >= 0.6 is 34.5 Å². The Labute approximate surface area is 200 Å². The lowest BCUT2D eigenvalue weighted by Crippen LogP contribution is -2.31. The number of ketones is 1. The van der Waals surface area contributed by atoms with Crippen molar-refractivity contribution >= 4 is 52.0 Å². The standard InChI is InChI=1S/C24H22Cl2N2O3S/c25-16-6-7-17(18(26)12-16)21(29)19-20(28-13-14-8-10-27-11-9-14)22(32-23(19)24(30)31)15-4-2-1-3-5-15/h1-7,12,14,27-28H,8-11,13H2,(H,30,31). The van der Waals surface area contributed by atoms with Crippen molar-refractivity contribution in [2.45, 2.75) is 12.8 Å². The number of nitrogens with one attached hydrogen (secondary N) is 2. The van der Waals surface area contributed by atoms with Crippen molar-refractivity contribution in [3.8, 4) is 10.4 Å². The fraction of sp³-hybridized carbons (Fsp3) is 0.250. The zero-order chi connectivity index (χ0) is 22.7. The summed E-state index contributed by atoms with van der Waals surface area (Å²) in [5.74, 6) is -1.14. The number of benzene rings is 2. The number of carboxylic acids is 1. The van der Waals surface area contributed by atoms with Crippen LogP contribution in [-0.2, 0) is 0 Å². The molecule has 166 valence electrons. The summed E-state index contributed by atoms with van der Waals surface area (Å²) in [5.41, 5.74) is 1.77. The molecule has 0 unspecified atom stereocenters. The van der Waals surface area contributed by atoms with E-state index in [0.29, 0.717) is 23.2 Å². The van der Waals surface area contributed by atoms with E-state index in [4.69, 9.17) is 23.2 Å². The van der Waals surface area contributed by atoms with E-state index in [9.17, 15) is 14.7 Å². The Hall–Kier alpha value is -2.38.